The van der Waals surface area contributed by atoms with Gasteiger partial charge in [-0.15, -0.1) is 10.2 Å². The molecule has 0 radical (unpaired) electrons. The Balaban J connectivity index is 1.56. The Bertz CT molecular complexity index is 1480. The highest BCUT2D eigenvalue weighted by atomic mass is 32.2. The number of nitriles is 1. The maximum absolute atomic E-state index is 13.4. The molecule has 4 aromatic rings. The number of hydrogen-bond acceptors (Lipinski definition) is 6. The number of aromatic nitrogens is 4. The summed E-state index contributed by atoms with van der Waals surface area (Å²) in [6.45, 7) is 1.94. The van der Waals surface area contributed by atoms with Gasteiger partial charge in [-0.25, -0.2) is 4.57 Å². The van der Waals surface area contributed by atoms with Crippen LogP contribution in [0.1, 0.15) is 31.2 Å². The number of fused-ring (bicyclic) bond motifs is 3. The summed E-state index contributed by atoms with van der Waals surface area (Å²) in [5, 5.41) is 22.1. The molecule has 0 aliphatic heterocycles. The molecule has 0 spiro atoms. The lowest BCUT2D eigenvalue weighted by atomic mass is 10.0. The predicted octanol–water partition coefficient (Wildman–Crippen LogP) is 3.39. The van der Waals surface area contributed by atoms with E-state index in [1.54, 1.807) is 10.6 Å². The van der Waals surface area contributed by atoms with Crippen LogP contribution in [0.4, 0.5) is 0 Å². The molecule has 1 aliphatic rings. The maximum Gasteiger partial charge on any atom is 0.267 e. The number of carbonyl (C=O) groups excluding carboxylic acids is 1. The van der Waals surface area contributed by atoms with Crippen molar-refractivity contribution in [3.63, 3.8) is 0 Å². The molecular weight excluding hydrogens is 436 g/mol. The summed E-state index contributed by atoms with van der Waals surface area (Å²) in [4.78, 5) is 26.1. The van der Waals surface area contributed by atoms with Crippen LogP contribution in [0, 0.1) is 18.3 Å². The average molecular weight is 459 g/mol. The van der Waals surface area contributed by atoms with Crippen LogP contribution in [0.3, 0.4) is 0 Å². The molecule has 0 saturated heterocycles. The normalized spacial score (nSPS) is 15.0. The Kier molecular flexibility index (Phi) is 5.38. The topological polar surface area (TPSA) is 105 Å². The van der Waals surface area contributed by atoms with E-state index in [0.717, 1.165) is 24.1 Å². The first kappa shape index (κ1) is 21.2. The molecule has 0 bridgehead atoms. The van der Waals surface area contributed by atoms with Crippen molar-refractivity contribution in [3.8, 4) is 11.8 Å². The standard InChI is InChI=1S/C24H22N6O2S/c1-16-8-2-4-10-18(16)29-21(32)17-9-3-5-11-19(17)30-22(29)27-28-23(30)33-14-20(31)26-24(15-25)12-6-7-13-24/h2-5,8-11H,6-7,12-14H2,1H3,(H,26,31). The zero-order valence-corrected chi connectivity index (χ0v) is 18.9. The van der Waals surface area contributed by atoms with E-state index in [0.29, 0.717) is 34.7 Å². The Morgan fingerprint density at radius 2 is 1.88 bits per heavy atom. The number of aryl methyl sites for hydroxylation is 1. The van der Waals surface area contributed by atoms with Crippen LogP contribution in [0.25, 0.3) is 22.4 Å². The molecule has 33 heavy (non-hydrogen) atoms. The summed E-state index contributed by atoms with van der Waals surface area (Å²) in [6, 6.07) is 17.2. The Morgan fingerprint density at radius 1 is 1.15 bits per heavy atom. The van der Waals surface area contributed by atoms with E-state index < -0.39 is 5.54 Å². The van der Waals surface area contributed by atoms with Gasteiger partial charge in [-0.2, -0.15) is 5.26 Å². The fourth-order valence-corrected chi connectivity index (χ4v) is 5.22. The summed E-state index contributed by atoms with van der Waals surface area (Å²) in [7, 11) is 0. The first-order chi connectivity index (χ1) is 16.0. The van der Waals surface area contributed by atoms with Gasteiger partial charge in [0.1, 0.15) is 5.54 Å². The fourth-order valence-electron chi connectivity index (χ4n) is 4.48. The molecule has 1 saturated carbocycles. The van der Waals surface area contributed by atoms with Crippen molar-refractivity contribution in [2.75, 3.05) is 5.75 Å². The van der Waals surface area contributed by atoms with E-state index in [-0.39, 0.29) is 17.2 Å². The molecule has 1 N–H and O–H groups in total. The van der Waals surface area contributed by atoms with Crippen LogP contribution in [-0.2, 0) is 4.79 Å². The third-order valence-corrected chi connectivity index (χ3v) is 7.06. The second kappa shape index (κ2) is 8.37. The number of hydrogen-bond donors (Lipinski definition) is 1. The van der Waals surface area contributed by atoms with E-state index in [9.17, 15) is 14.9 Å². The van der Waals surface area contributed by atoms with Gasteiger partial charge in [0.2, 0.25) is 11.7 Å². The molecule has 8 nitrogen and oxygen atoms in total. The van der Waals surface area contributed by atoms with Crippen molar-refractivity contribution >= 4 is 34.3 Å². The predicted molar refractivity (Wildman–Crippen MR) is 127 cm³/mol. The molecule has 2 heterocycles. The molecule has 166 valence electrons. The van der Waals surface area contributed by atoms with E-state index in [2.05, 4.69) is 21.6 Å². The highest BCUT2D eigenvalue weighted by Crippen LogP contribution is 2.29. The number of para-hydroxylation sites is 2. The Labute approximate surface area is 194 Å². The van der Waals surface area contributed by atoms with Gasteiger partial charge in [-0.3, -0.25) is 14.0 Å². The van der Waals surface area contributed by atoms with Gasteiger partial charge in [0, 0.05) is 0 Å². The molecule has 2 aromatic heterocycles. The van der Waals surface area contributed by atoms with E-state index in [1.807, 2.05) is 53.8 Å². The van der Waals surface area contributed by atoms with E-state index in [1.165, 1.54) is 11.8 Å². The smallest absolute Gasteiger partial charge is 0.267 e. The molecular formula is C24H22N6O2S. The van der Waals surface area contributed by atoms with Gasteiger partial charge in [0.05, 0.1) is 28.4 Å². The van der Waals surface area contributed by atoms with Crippen LogP contribution < -0.4 is 10.9 Å². The number of amides is 1. The third-order valence-electron chi connectivity index (χ3n) is 6.13. The number of rotatable bonds is 5. The lowest BCUT2D eigenvalue weighted by Gasteiger charge is -2.21. The zero-order chi connectivity index (χ0) is 23.0. The number of nitrogens with one attached hydrogen (secondary N) is 1. The summed E-state index contributed by atoms with van der Waals surface area (Å²) >= 11 is 1.24. The van der Waals surface area contributed by atoms with Gasteiger partial charge in [0.25, 0.3) is 5.56 Å². The number of benzene rings is 2. The van der Waals surface area contributed by atoms with Crippen molar-refractivity contribution < 1.29 is 4.79 Å². The minimum atomic E-state index is -0.761. The van der Waals surface area contributed by atoms with Crippen LogP contribution >= 0.6 is 11.8 Å². The summed E-state index contributed by atoms with van der Waals surface area (Å²) in [5.41, 5.74) is 1.41. The number of thioether (sulfide) groups is 1. The maximum atomic E-state index is 13.4. The largest absolute Gasteiger partial charge is 0.337 e. The molecule has 0 unspecified atom stereocenters. The monoisotopic (exact) mass is 458 g/mol. The van der Waals surface area contributed by atoms with Crippen molar-refractivity contribution in [2.24, 2.45) is 0 Å². The van der Waals surface area contributed by atoms with Crippen molar-refractivity contribution in [1.29, 1.82) is 5.26 Å². The van der Waals surface area contributed by atoms with Gasteiger partial charge in [-0.1, -0.05) is 42.1 Å². The quantitative estimate of drug-likeness (QED) is 0.460. The first-order valence-electron chi connectivity index (χ1n) is 10.8. The zero-order valence-electron chi connectivity index (χ0n) is 18.1. The molecule has 2 aromatic carbocycles. The van der Waals surface area contributed by atoms with Gasteiger partial charge >= 0.3 is 0 Å². The Morgan fingerprint density at radius 3 is 2.64 bits per heavy atom. The van der Waals surface area contributed by atoms with Crippen LogP contribution in [0.5, 0.6) is 0 Å². The van der Waals surface area contributed by atoms with Crippen LogP contribution in [0.15, 0.2) is 58.5 Å². The number of carbonyl (C=O) groups is 1. The van der Waals surface area contributed by atoms with Crippen molar-refractivity contribution in [1.82, 2.24) is 24.5 Å². The lowest BCUT2D eigenvalue weighted by Crippen LogP contribution is -2.45. The van der Waals surface area contributed by atoms with Crippen LogP contribution in [-0.4, -0.2) is 36.4 Å². The third kappa shape index (κ3) is 3.66. The van der Waals surface area contributed by atoms with Crippen molar-refractivity contribution in [2.45, 2.75) is 43.3 Å². The molecule has 1 amide bonds. The molecule has 0 atom stereocenters. The molecule has 9 heteroatoms. The second-order valence-electron chi connectivity index (χ2n) is 8.30. The minimum Gasteiger partial charge on any atom is -0.337 e. The van der Waals surface area contributed by atoms with Crippen LogP contribution in [0.2, 0.25) is 0 Å². The highest BCUT2D eigenvalue weighted by Gasteiger charge is 2.35. The summed E-state index contributed by atoms with van der Waals surface area (Å²) in [6.07, 6.45) is 3.25. The molecule has 1 fully saturated rings. The fraction of sp³-hybridized carbons (Fsp3) is 0.292. The van der Waals surface area contributed by atoms with E-state index in [4.69, 9.17) is 0 Å². The van der Waals surface area contributed by atoms with E-state index >= 15 is 0 Å². The summed E-state index contributed by atoms with van der Waals surface area (Å²) < 4.78 is 3.38. The van der Waals surface area contributed by atoms with Gasteiger partial charge in [0.15, 0.2) is 5.16 Å². The van der Waals surface area contributed by atoms with Gasteiger partial charge < -0.3 is 5.32 Å². The molecule has 5 rings (SSSR count). The molecule has 1 aliphatic carbocycles. The van der Waals surface area contributed by atoms with Crippen molar-refractivity contribution in [3.05, 3.63) is 64.4 Å². The number of nitrogens with zero attached hydrogens (tertiary/aromatic N) is 5. The minimum absolute atomic E-state index is 0.0992. The highest BCUT2D eigenvalue weighted by molar-refractivity contribution is 7.99. The SMILES string of the molecule is Cc1ccccc1-n1c(=O)c2ccccc2n2c(SCC(=O)NC3(C#N)CCCC3)nnc12. The lowest BCUT2D eigenvalue weighted by molar-refractivity contribution is -0.119. The first-order valence-corrected chi connectivity index (χ1v) is 11.8. The Hall–Kier alpha value is -3.64. The average Bonchev–Trinajstić information content (AvgIpc) is 3.47. The summed E-state index contributed by atoms with van der Waals surface area (Å²) in [5.74, 6) is 0.277. The van der Waals surface area contributed by atoms with Gasteiger partial charge in [-0.05, 0) is 56.4 Å². The second-order valence-corrected chi connectivity index (χ2v) is 9.24.